The van der Waals surface area contributed by atoms with Crippen molar-refractivity contribution in [2.75, 3.05) is 0 Å². The largest absolute Gasteiger partial charge is 0.481 e. The van der Waals surface area contributed by atoms with E-state index < -0.39 is 30.8 Å². The third kappa shape index (κ3) is 6.24. The van der Waals surface area contributed by atoms with Gasteiger partial charge in [0.15, 0.2) is 6.17 Å². The highest BCUT2D eigenvalue weighted by molar-refractivity contribution is 5.74. The van der Waals surface area contributed by atoms with Crippen LogP contribution in [0, 0.1) is 5.82 Å². The maximum atomic E-state index is 14.4. The van der Waals surface area contributed by atoms with Gasteiger partial charge >= 0.3 is 5.97 Å². The molecule has 0 radical (unpaired) electrons. The second kappa shape index (κ2) is 11.3. The van der Waals surface area contributed by atoms with Crippen molar-refractivity contribution in [3.05, 3.63) is 77.7 Å². The Morgan fingerprint density at radius 3 is 2.21 bits per heavy atom. The minimum atomic E-state index is -2.09. The van der Waals surface area contributed by atoms with Crippen molar-refractivity contribution >= 4 is 5.97 Å². The van der Waals surface area contributed by atoms with Crippen molar-refractivity contribution in [1.82, 2.24) is 4.98 Å². The molecule has 0 aliphatic carbocycles. The van der Waals surface area contributed by atoms with E-state index in [9.17, 15) is 23.8 Å². The number of hydrogen-bond acceptors (Lipinski definition) is 4. The van der Waals surface area contributed by atoms with Gasteiger partial charge in [-0.3, -0.25) is 9.78 Å². The Labute approximate surface area is 197 Å². The Morgan fingerprint density at radius 1 is 0.971 bits per heavy atom. The number of carbonyl (C=O) groups is 1. The molecule has 180 valence electrons. The van der Waals surface area contributed by atoms with E-state index in [0.29, 0.717) is 0 Å². The Morgan fingerprint density at radius 2 is 1.62 bits per heavy atom. The maximum Gasteiger partial charge on any atom is 0.306 e. The molecule has 0 fully saturated rings. The lowest BCUT2D eigenvalue weighted by atomic mass is 9.88. The Hall–Kier alpha value is -3.16. The zero-order chi connectivity index (χ0) is 24.8. The fourth-order valence-corrected chi connectivity index (χ4v) is 3.97. The summed E-state index contributed by atoms with van der Waals surface area (Å²) >= 11 is 0. The summed E-state index contributed by atoms with van der Waals surface area (Å²) in [6.07, 6.45) is -6.04. The predicted molar refractivity (Wildman–Crippen MR) is 127 cm³/mol. The average molecular weight is 470 g/mol. The zero-order valence-electron chi connectivity index (χ0n) is 19.2. The standard InChI is InChI=1S/C27H29F2NO4/c1-16(2)27-20(12-13-23(31)26(29)24(32)15-25(33)34)21(17-8-10-19(28)11-9-17)14-22(30-27)18-6-4-3-5-7-18/h3-11,14,16,23-24,26,31-32H,12-13,15H2,1-2H3,(H,33,34)/t23-,24+,26-/m1/s1. The van der Waals surface area contributed by atoms with Crippen molar-refractivity contribution in [1.29, 1.82) is 0 Å². The van der Waals surface area contributed by atoms with Crippen molar-refractivity contribution in [2.24, 2.45) is 0 Å². The first kappa shape index (κ1) is 25.5. The molecule has 3 rings (SSSR count). The van der Waals surface area contributed by atoms with Gasteiger partial charge in [0.25, 0.3) is 0 Å². The van der Waals surface area contributed by atoms with Crippen LogP contribution in [0.25, 0.3) is 22.4 Å². The molecule has 5 nitrogen and oxygen atoms in total. The summed E-state index contributed by atoms with van der Waals surface area (Å²) in [5.74, 6) is -1.70. The normalized spacial score (nSPS) is 14.1. The number of aliphatic hydroxyl groups excluding tert-OH is 2. The molecule has 0 aliphatic rings. The van der Waals surface area contributed by atoms with Crippen LogP contribution in [0.3, 0.4) is 0 Å². The van der Waals surface area contributed by atoms with Gasteiger partial charge in [0.1, 0.15) is 5.82 Å². The summed E-state index contributed by atoms with van der Waals surface area (Å²) in [5.41, 5.74) is 4.78. The van der Waals surface area contributed by atoms with Crippen LogP contribution in [-0.2, 0) is 11.2 Å². The number of carboxylic acid groups (broad SMARTS) is 1. The van der Waals surface area contributed by atoms with Gasteiger partial charge in [-0.2, -0.15) is 0 Å². The Bertz CT molecular complexity index is 1100. The van der Waals surface area contributed by atoms with Crippen molar-refractivity contribution < 1.29 is 28.9 Å². The molecule has 0 spiro atoms. The van der Waals surface area contributed by atoms with Gasteiger partial charge in [0.2, 0.25) is 0 Å². The summed E-state index contributed by atoms with van der Waals surface area (Å²) in [7, 11) is 0. The Kier molecular flexibility index (Phi) is 8.47. The van der Waals surface area contributed by atoms with E-state index in [4.69, 9.17) is 10.1 Å². The molecule has 0 saturated heterocycles. The summed E-state index contributed by atoms with van der Waals surface area (Å²) in [5, 5.41) is 28.9. The molecule has 0 aliphatic heterocycles. The van der Waals surface area contributed by atoms with Gasteiger partial charge in [-0.25, -0.2) is 8.78 Å². The smallest absolute Gasteiger partial charge is 0.306 e. The molecule has 7 heteroatoms. The molecule has 3 aromatic rings. The van der Waals surface area contributed by atoms with E-state index >= 15 is 0 Å². The highest BCUT2D eigenvalue weighted by Crippen LogP contribution is 2.34. The molecule has 0 saturated carbocycles. The second-order valence-corrected chi connectivity index (χ2v) is 8.66. The lowest BCUT2D eigenvalue weighted by Gasteiger charge is -2.23. The molecule has 1 heterocycles. The first-order valence-corrected chi connectivity index (χ1v) is 11.2. The van der Waals surface area contributed by atoms with Crippen LogP contribution in [0.5, 0.6) is 0 Å². The lowest BCUT2D eigenvalue weighted by Crippen LogP contribution is -2.35. The van der Waals surface area contributed by atoms with Crippen LogP contribution in [0.2, 0.25) is 0 Å². The first-order chi connectivity index (χ1) is 16.2. The number of aromatic nitrogens is 1. The summed E-state index contributed by atoms with van der Waals surface area (Å²) < 4.78 is 28.1. The minimum absolute atomic E-state index is 0.00813. The SMILES string of the molecule is CC(C)c1nc(-c2ccccc2)cc(-c2ccc(F)cc2)c1CC[C@@H](O)[C@@H](F)[C@@H](O)CC(=O)O. The number of hydrogen-bond donors (Lipinski definition) is 3. The van der Waals surface area contributed by atoms with E-state index in [-0.39, 0.29) is 24.6 Å². The molecule has 34 heavy (non-hydrogen) atoms. The molecule has 0 unspecified atom stereocenters. The molecule has 0 bridgehead atoms. The summed E-state index contributed by atoms with van der Waals surface area (Å²) in [4.78, 5) is 15.6. The Balaban J connectivity index is 2.02. The van der Waals surface area contributed by atoms with Gasteiger partial charge in [-0.05, 0) is 53.6 Å². The highest BCUT2D eigenvalue weighted by Gasteiger charge is 2.29. The van der Waals surface area contributed by atoms with Crippen LogP contribution >= 0.6 is 0 Å². The van der Waals surface area contributed by atoms with Crippen molar-refractivity contribution in [3.63, 3.8) is 0 Å². The summed E-state index contributed by atoms with van der Waals surface area (Å²) in [6.45, 7) is 3.97. The maximum absolute atomic E-state index is 14.4. The fraction of sp³-hybridized carbons (Fsp3) is 0.333. The molecule has 3 N–H and O–H groups in total. The number of benzene rings is 2. The van der Waals surface area contributed by atoms with Crippen molar-refractivity contribution in [2.45, 2.75) is 57.4 Å². The lowest BCUT2D eigenvalue weighted by molar-refractivity contribution is -0.141. The van der Waals surface area contributed by atoms with E-state index in [1.807, 2.05) is 50.2 Å². The van der Waals surface area contributed by atoms with E-state index in [0.717, 1.165) is 33.6 Å². The number of rotatable bonds is 10. The van der Waals surface area contributed by atoms with Crippen LogP contribution in [-0.4, -0.2) is 44.7 Å². The quantitative estimate of drug-likeness (QED) is 0.382. The van der Waals surface area contributed by atoms with Crippen LogP contribution in [0.15, 0.2) is 60.7 Å². The number of alkyl halides is 1. The molecular formula is C27H29F2NO4. The van der Waals surface area contributed by atoms with E-state index in [1.54, 1.807) is 12.1 Å². The average Bonchev–Trinajstić information content (AvgIpc) is 2.82. The molecule has 1 aromatic heterocycles. The predicted octanol–water partition coefficient (Wildman–Crippen LogP) is 5.15. The van der Waals surface area contributed by atoms with Gasteiger partial charge in [0.05, 0.1) is 24.3 Å². The van der Waals surface area contributed by atoms with Crippen molar-refractivity contribution in [3.8, 4) is 22.4 Å². The number of pyridine rings is 1. The third-order valence-electron chi connectivity index (χ3n) is 5.74. The molecule has 3 atom stereocenters. The third-order valence-corrected chi connectivity index (χ3v) is 5.74. The number of halogens is 2. The highest BCUT2D eigenvalue weighted by atomic mass is 19.1. The van der Waals surface area contributed by atoms with Gasteiger partial charge in [0, 0.05) is 11.3 Å². The van der Waals surface area contributed by atoms with Crippen LogP contribution in [0.4, 0.5) is 8.78 Å². The number of nitrogens with zero attached hydrogens (tertiary/aromatic N) is 1. The first-order valence-electron chi connectivity index (χ1n) is 11.2. The number of aliphatic carboxylic acids is 1. The van der Waals surface area contributed by atoms with E-state index in [1.165, 1.54) is 12.1 Å². The molecule has 2 aromatic carbocycles. The van der Waals surface area contributed by atoms with Gasteiger partial charge in [-0.1, -0.05) is 56.3 Å². The van der Waals surface area contributed by atoms with Gasteiger partial charge in [-0.15, -0.1) is 0 Å². The fourth-order valence-electron chi connectivity index (χ4n) is 3.97. The zero-order valence-corrected chi connectivity index (χ0v) is 19.2. The van der Waals surface area contributed by atoms with Crippen LogP contribution in [0.1, 0.15) is 43.9 Å². The molecule has 0 amide bonds. The second-order valence-electron chi connectivity index (χ2n) is 8.66. The monoisotopic (exact) mass is 469 g/mol. The topological polar surface area (TPSA) is 90.7 Å². The molecular weight excluding hydrogens is 440 g/mol. The number of aliphatic hydroxyl groups is 2. The van der Waals surface area contributed by atoms with Crippen LogP contribution < -0.4 is 0 Å². The number of carboxylic acids is 1. The summed E-state index contributed by atoms with van der Waals surface area (Å²) in [6, 6.07) is 17.6. The van der Waals surface area contributed by atoms with Gasteiger partial charge < -0.3 is 15.3 Å². The minimum Gasteiger partial charge on any atom is -0.481 e. The van der Waals surface area contributed by atoms with E-state index in [2.05, 4.69) is 0 Å².